The molecule has 0 spiro atoms. The van der Waals surface area contributed by atoms with E-state index in [-0.39, 0.29) is 16.9 Å². The predicted octanol–water partition coefficient (Wildman–Crippen LogP) is 3.98. The van der Waals surface area contributed by atoms with Crippen molar-refractivity contribution >= 4 is 17.4 Å². The molecular weight excluding hydrogens is 425 g/mol. The van der Waals surface area contributed by atoms with Gasteiger partial charge in [-0.3, -0.25) is 9.48 Å². The molecule has 2 aromatic heterocycles. The Kier molecular flexibility index (Phi) is 6.69. The molecule has 0 unspecified atom stereocenters. The maximum Gasteiger partial charge on any atom is 0.227 e. The Hall–Kier alpha value is -3.33. The summed E-state index contributed by atoms with van der Waals surface area (Å²) in [5.74, 6) is 0.0507. The van der Waals surface area contributed by atoms with Crippen LogP contribution in [0.5, 0.6) is 5.75 Å². The Morgan fingerprint density at radius 2 is 2.00 bits per heavy atom. The lowest BCUT2D eigenvalue weighted by Gasteiger charge is -2.37. The van der Waals surface area contributed by atoms with Crippen molar-refractivity contribution in [2.24, 2.45) is 5.41 Å². The van der Waals surface area contributed by atoms with E-state index in [0.717, 1.165) is 31.0 Å². The van der Waals surface area contributed by atoms with Crippen LogP contribution in [0.25, 0.3) is 0 Å². The molecule has 0 radical (unpaired) electrons. The second-order valence-corrected chi connectivity index (χ2v) is 8.70. The van der Waals surface area contributed by atoms with Crippen molar-refractivity contribution in [2.75, 3.05) is 25.6 Å². The number of nitrogens with zero attached hydrogens (tertiary/aromatic N) is 4. The Morgan fingerprint density at radius 1 is 1.24 bits per heavy atom. The summed E-state index contributed by atoms with van der Waals surface area (Å²) in [5, 5.41) is 7.53. The largest absolute Gasteiger partial charge is 0.494 e. The van der Waals surface area contributed by atoms with Crippen molar-refractivity contribution < 1.29 is 18.7 Å². The van der Waals surface area contributed by atoms with Crippen LogP contribution in [0.15, 0.2) is 36.9 Å². The molecule has 33 heavy (non-hydrogen) atoms. The maximum atomic E-state index is 14.7. The molecule has 0 aliphatic carbocycles. The quantitative estimate of drug-likeness (QED) is 0.464. The van der Waals surface area contributed by atoms with Gasteiger partial charge in [-0.05, 0) is 36.1 Å². The highest BCUT2D eigenvalue weighted by Crippen LogP contribution is 2.29. The number of ether oxygens (including phenoxy) is 2. The molecule has 0 bridgehead atoms. The first-order valence-electron chi connectivity index (χ1n) is 11.0. The fourth-order valence-electron chi connectivity index (χ4n) is 3.76. The molecule has 3 aromatic rings. The topological polar surface area (TPSA) is 91.2 Å². The highest BCUT2D eigenvalue weighted by atomic mass is 19.1. The minimum atomic E-state index is -0.441. The molecule has 1 saturated heterocycles. The molecule has 3 heterocycles. The molecule has 1 N–H and O–H groups in total. The van der Waals surface area contributed by atoms with E-state index in [0.29, 0.717) is 36.3 Å². The molecule has 9 heteroatoms. The third-order valence-electron chi connectivity index (χ3n) is 5.70. The number of halogens is 1. The lowest BCUT2D eigenvalue weighted by molar-refractivity contribution is -0.111. The number of carbonyl (C=O) groups is 1. The van der Waals surface area contributed by atoms with Gasteiger partial charge in [-0.25, -0.2) is 14.4 Å². The van der Waals surface area contributed by atoms with Crippen LogP contribution in [-0.2, 0) is 24.1 Å². The number of aryl methyl sites for hydroxylation is 2. The van der Waals surface area contributed by atoms with Gasteiger partial charge in [0.25, 0.3) is 0 Å². The molecule has 0 amide bonds. The van der Waals surface area contributed by atoms with Gasteiger partial charge in [0, 0.05) is 36.0 Å². The number of ketones is 1. The van der Waals surface area contributed by atoms with E-state index in [1.165, 1.54) is 13.2 Å². The third kappa shape index (κ3) is 5.36. The molecule has 0 atom stereocenters. The molecule has 1 aromatic carbocycles. The van der Waals surface area contributed by atoms with Crippen molar-refractivity contribution in [3.05, 3.63) is 59.4 Å². The smallest absolute Gasteiger partial charge is 0.227 e. The summed E-state index contributed by atoms with van der Waals surface area (Å²) in [7, 11) is 1.40. The van der Waals surface area contributed by atoms with E-state index in [9.17, 15) is 9.18 Å². The zero-order chi connectivity index (χ0) is 23.4. The van der Waals surface area contributed by atoms with Crippen molar-refractivity contribution in [3.8, 4) is 5.75 Å². The third-order valence-corrected chi connectivity index (χ3v) is 5.70. The molecule has 174 valence electrons. The number of rotatable bonds is 10. The highest BCUT2D eigenvalue weighted by Gasteiger charge is 2.34. The average molecular weight is 454 g/mol. The molecule has 1 aliphatic rings. The minimum absolute atomic E-state index is 0.0493. The Morgan fingerprint density at radius 3 is 2.64 bits per heavy atom. The zero-order valence-electron chi connectivity index (χ0n) is 19.1. The molecule has 0 saturated carbocycles. The first kappa shape index (κ1) is 22.8. The Labute approximate surface area is 192 Å². The van der Waals surface area contributed by atoms with Gasteiger partial charge in [0.2, 0.25) is 5.95 Å². The van der Waals surface area contributed by atoms with Gasteiger partial charge >= 0.3 is 0 Å². The number of carbonyl (C=O) groups excluding carboxylic acids is 1. The fraction of sp³-hybridized carbons (Fsp3) is 0.417. The number of anilines is 2. The molecule has 4 rings (SSSR count). The molecule has 1 fully saturated rings. The van der Waals surface area contributed by atoms with E-state index >= 15 is 0 Å². The van der Waals surface area contributed by atoms with E-state index in [4.69, 9.17) is 9.47 Å². The predicted molar refractivity (Wildman–Crippen MR) is 121 cm³/mol. The van der Waals surface area contributed by atoms with Crippen molar-refractivity contribution in [1.82, 2.24) is 19.7 Å². The lowest BCUT2D eigenvalue weighted by atomic mass is 9.89. The van der Waals surface area contributed by atoms with Crippen LogP contribution in [-0.4, -0.2) is 45.9 Å². The van der Waals surface area contributed by atoms with Crippen molar-refractivity contribution in [3.63, 3.8) is 0 Å². The van der Waals surface area contributed by atoms with E-state index < -0.39 is 5.82 Å². The van der Waals surface area contributed by atoms with Crippen LogP contribution in [0.3, 0.4) is 0 Å². The first-order valence-corrected chi connectivity index (χ1v) is 11.0. The van der Waals surface area contributed by atoms with Gasteiger partial charge in [-0.1, -0.05) is 13.8 Å². The summed E-state index contributed by atoms with van der Waals surface area (Å²) in [5.41, 5.74) is 2.69. The summed E-state index contributed by atoms with van der Waals surface area (Å²) in [6, 6.07) is 3.06. The molecule has 1 aliphatic heterocycles. The van der Waals surface area contributed by atoms with E-state index in [1.807, 2.05) is 10.9 Å². The van der Waals surface area contributed by atoms with Gasteiger partial charge in [0.15, 0.2) is 17.3 Å². The normalized spacial score (nSPS) is 14.5. The summed E-state index contributed by atoms with van der Waals surface area (Å²) in [6.45, 7) is 6.24. The monoisotopic (exact) mass is 453 g/mol. The van der Waals surface area contributed by atoms with Gasteiger partial charge < -0.3 is 14.8 Å². The number of benzene rings is 1. The second kappa shape index (κ2) is 9.66. The van der Waals surface area contributed by atoms with Crippen LogP contribution in [0.1, 0.15) is 41.8 Å². The Bertz CT molecular complexity index is 1130. The zero-order valence-corrected chi connectivity index (χ0v) is 19.1. The highest BCUT2D eigenvalue weighted by molar-refractivity contribution is 5.96. The van der Waals surface area contributed by atoms with E-state index in [1.54, 1.807) is 31.6 Å². The number of methoxy groups -OCH3 is 1. The van der Waals surface area contributed by atoms with Crippen molar-refractivity contribution in [1.29, 1.82) is 0 Å². The van der Waals surface area contributed by atoms with Gasteiger partial charge in [0.05, 0.1) is 38.8 Å². The SMILES string of the molecule is CCC(=O)c1cc(CCc2cnc(Nc3cnn(CC4(C)COC4)c3)nc2)c(F)c(OC)c1. The van der Waals surface area contributed by atoms with Crippen LogP contribution < -0.4 is 10.1 Å². The Balaban J connectivity index is 1.37. The summed E-state index contributed by atoms with van der Waals surface area (Å²) < 4.78 is 27.0. The van der Waals surface area contributed by atoms with Crippen LogP contribution in [0, 0.1) is 11.2 Å². The van der Waals surface area contributed by atoms with E-state index in [2.05, 4.69) is 27.3 Å². The first-order chi connectivity index (χ1) is 15.9. The van der Waals surface area contributed by atoms with Gasteiger partial charge in [-0.15, -0.1) is 0 Å². The minimum Gasteiger partial charge on any atom is -0.494 e. The van der Waals surface area contributed by atoms with Crippen LogP contribution in [0.2, 0.25) is 0 Å². The van der Waals surface area contributed by atoms with Gasteiger partial charge in [0.1, 0.15) is 0 Å². The number of hydrogen-bond acceptors (Lipinski definition) is 7. The average Bonchev–Trinajstić information content (AvgIpc) is 3.24. The summed E-state index contributed by atoms with van der Waals surface area (Å²) in [6.07, 6.45) is 8.36. The lowest BCUT2D eigenvalue weighted by Crippen LogP contribution is -2.43. The number of aromatic nitrogens is 4. The number of Topliss-reactive ketones (excluding diaryl/α,β-unsaturated/α-hetero) is 1. The second-order valence-electron chi connectivity index (χ2n) is 8.70. The van der Waals surface area contributed by atoms with Gasteiger partial charge in [-0.2, -0.15) is 5.10 Å². The summed E-state index contributed by atoms with van der Waals surface area (Å²) in [4.78, 5) is 20.8. The van der Waals surface area contributed by atoms with Crippen LogP contribution in [0.4, 0.5) is 16.0 Å². The van der Waals surface area contributed by atoms with Crippen LogP contribution >= 0.6 is 0 Å². The standard InChI is InChI=1S/C24H28FN5O3/c1-4-20(31)18-7-17(22(25)21(8-18)32-3)6-5-16-9-26-23(27-10-16)29-19-11-28-30(12-19)13-24(2)14-33-15-24/h7-12H,4-6,13-15H2,1-3H3,(H,26,27,29). The maximum absolute atomic E-state index is 14.7. The number of nitrogens with one attached hydrogen (secondary N) is 1. The van der Waals surface area contributed by atoms with Crippen molar-refractivity contribution in [2.45, 2.75) is 39.7 Å². The summed E-state index contributed by atoms with van der Waals surface area (Å²) >= 11 is 0. The number of hydrogen-bond donors (Lipinski definition) is 1. The fourth-order valence-corrected chi connectivity index (χ4v) is 3.76. The molecular formula is C24H28FN5O3. The molecule has 8 nitrogen and oxygen atoms in total.